The van der Waals surface area contributed by atoms with Crippen LogP contribution in [0.1, 0.15) is 157 Å². The topological polar surface area (TPSA) is 297 Å². The summed E-state index contributed by atoms with van der Waals surface area (Å²) in [7, 11) is 0. The van der Waals surface area contributed by atoms with E-state index >= 15 is 0 Å². The Balaban J connectivity index is 0.000000441. The van der Waals surface area contributed by atoms with Gasteiger partial charge in [0.05, 0.1) is 63.2 Å². The quantitative estimate of drug-likeness (QED) is 0.0462. The number of anilines is 2. The predicted octanol–water partition coefficient (Wildman–Crippen LogP) is 7.87. The molecule has 0 spiro atoms. The van der Waals surface area contributed by atoms with Crippen molar-refractivity contribution in [2.24, 2.45) is 41.2 Å². The van der Waals surface area contributed by atoms with E-state index in [0.717, 1.165) is 11.1 Å². The number of hydrogen-bond acceptors (Lipinski definition) is 14. The molecule has 0 fully saturated rings. The normalized spacial score (nSPS) is 19.6. The molecule has 4 aliphatic rings. The van der Waals surface area contributed by atoms with Gasteiger partial charge in [0.2, 0.25) is 23.6 Å². The number of Topliss-reactive ketones (excluding diaryl/α,β-unsaturated/α-hetero) is 2. The number of amides is 5. The van der Waals surface area contributed by atoms with E-state index in [9.17, 15) is 48.3 Å². The molecule has 4 aliphatic heterocycles. The number of carboxylic acids is 1. The first kappa shape index (κ1) is 69.0. The van der Waals surface area contributed by atoms with Gasteiger partial charge in [-0.15, -0.1) is 0 Å². The summed E-state index contributed by atoms with van der Waals surface area (Å²) < 4.78 is 22.3. The lowest BCUT2D eigenvalue weighted by Gasteiger charge is -2.26. The molecular weight excluding hydrogens is 1040 g/mol. The smallest absolute Gasteiger partial charge is 0.407 e. The summed E-state index contributed by atoms with van der Waals surface area (Å²) in [5.74, 6) is -5.38. The molecule has 2 aromatic rings. The Labute approximate surface area is 479 Å². The van der Waals surface area contributed by atoms with Crippen LogP contribution in [0.25, 0.3) is 0 Å². The molecule has 81 heavy (non-hydrogen) atoms. The molecular formula is C61H94N6O14. The van der Waals surface area contributed by atoms with Crippen molar-refractivity contribution in [3.05, 3.63) is 59.7 Å². The van der Waals surface area contributed by atoms with E-state index in [1.165, 1.54) is 0 Å². The summed E-state index contributed by atoms with van der Waals surface area (Å²) in [6.07, 6.45) is 3.57. The lowest BCUT2D eigenvalue weighted by molar-refractivity contribution is -0.161. The van der Waals surface area contributed by atoms with E-state index in [1.807, 2.05) is 52.0 Å². The Morgan fingerprint density at radius 1 is 0.630 bits per heavy atom. The number of nitrogens with two attached hydrogens (primary N) is 1. The van der Waals surface area contributed by atoms with Crippen molar-refractivity contribution in [2.45, 2.75) is 182 Å². The standard InChI is InChI=1S/C35H55N3O8.C26H39N3O6/c1-23(2)29-22-44-18-16-30(40)37-27-14-12-24(13-15-27)19-26(31(41)38-29)21-28(39)20-25(32(42)45-34(3,4)5)11-9-10-17-36-33(43)46-35(6,7)8;1-17(2)23-16-35-12-10-24(31)28-21-8-6-18(7-9-21)13-20(25(32)29-23)15-22(30)14-19(26(33)34)5-3-4-11-27/h12-15,23,25-26,29H,9-11,16-22H2,1-8H3,(H,36,43)(H,37,40)(H,38,41);6-9,17,19-20,23H,3-5,10-16,27H2,1-2H3,(H,28,31)(H,29,32)(H,33,34)/t25?,26-,29+;19?,20-,23+/m00/s1. The highest BCUT2D eigenvalue weighted by Crippen LogP contribution is 2.25. The summed E-state index contributed by atoms with van der Waals surface area (Å²) in [5, 5.41) is 24.0. The van der Waals surface area contributed by atoms with Gasteiger partial charge in [0.25, 0.3) is 0 Å². The molecule has 2 aromatic carbocycles. The molecule has 2 unspecified atom stereocenters. The Kier molecular flexibility index (Phi) is 29.7. The molecule has 4 heterocycles. The van der Waals surface area contributed by atoms with Gasteiger partial charge in [-0.3, -0.25) is 38.4 Å². The number of esters is 1. The van der Waals surface area contributed by atoms with Crippen molar-refractivity contribution in [3.8, 4) is 0 Å². The molecule has 20 nitrogen and oxygen atoms in total. The number of fused-ring (bicyclic) bond motifs is 24. The first-order valence-electron chi connectivity index (χ1n) is 28.8. The maximum absolute atomic E-state index is 13.6. The number of unbranched alkanes of at least 4 members (excludes halogenated alkanes) is 2. The van der Waals surface area contributed by atoms with Crippen LogP contribution >= 0.6 is 0 Å². The second kappa shape index (κ2) is 34.9. The van der Waals surface area contributed by atoms with Gasteiger partial charge in [-0.05, 0) is 134 Å². The van der Waals surface area contributed by atoms with Crippen molar-refractivity contribution in [1.82, 2.24) is 16.0 Å². The van der Waals surface area contributed by atoms with Crippen LogP contribution in [0.15, 0.2) is 48.5 Å². The second-order valence-electron chi connectivity index (χ2n) is 24.0. The van der Waals surface area contributed by atoms with Crippen molar-refractivity contribution in [2.75, 3.05) is 50.2 Å². The van der Waals surface area contributed by atoms with Gasteiger partial charge >= 0.3 is 18.0 Å². The highest BCUT2D eigenvalue weighted by Gasteiger charge is 2.32. The van der Waals surface area contributed by atoms with Crippen molar-refractivity contribution in [3.63, 3.8) is 0 Å². The number of benzene rings is 2. The average Bonchev–Trinajstić information content (AvgIpc) is 3.39. The van der Waals surface area contributed by atoms with E-state index in [2.05, 4.69) is 26.6 Å². The number of rotatable bonds is 21. The van der Waals surface area contributed by atoms with E-state index in [1.54, 1.807) is 65.8 Å². The van der Waals surface area contributed by atoms with Gasteiger partial charge in [0.15, 0.2) is 0 Å². The van der Waals surface area contributed by atoms with E-state index in [4.69, 9.17) is 24.7 Å². The van der Waals surface area contributed by atoms with Gasteiger partial charge < -0.3 is 56.4 Å². The number of carbonyl (C=O) groups excluding carboxylic acids is 8. The molecule has 6 atom stereocenters. The van der Waals surface area contributed by atoms with E-state index < -0.39 is 52.9 Å². The molecule has 0 saturated carbocycles. The third-order valence-corrected chi connectivity index (χ3v) is 13.6. The second-order valence-corrected chi connectivity index (χ2v) is 24.0. The number of carbonyl (C=O) groups is 9. The lowest BCUT2D eigenvalue weighted by Crippen LogP contribution is -2.45. The van der Waals surface area contributed by atoms with E-state index in [0.29, 0.717) is 75.8 Å². The number of carboxylic acid groups (broad SMARTS) is 1. The average molecular weight is 1140 g/mol. The number of ether oxygens (including phenoxy) is 4. The molecule has 6 rings (SSSR count). The Morgan fingerprint density at radius 3 is 1.46 bits per heavy atom. The highest BCUT2D eigenvalue weighted by molar-refractivity contribution is 5.92. The van der Waals surface area contributed by atoms with Crippen LogP contribution < -0.4 is 32.3 Å². The molecule has 0 aromatic heterocycles. The monoisotopic (exact) mass is 1130 g/mol. The molecule has 20 heteroatoms. The minimum atomic E-state index is -1.00. The summed E-state index contributed by atoms with van der Waals surface area (Å²) in [6, 6.07) is 13.8. The molecule has 4 bridgehead atoms. The van der Waals surface area contributed by atoms with Crippen LogP contribution in [0.4, 0.5) is 16.2 Å². The maximum Gasteiger partial charge on any atom is 0.407 e. The molecule has 0 aliphatic carbocycles. The molecule has 452 valence electrons. The van der Waals surface area contributed by atoms with Gasteiger partial charge in [-0.2, -0.15) is 0 Å². The van der Waals surface area contributed by atoms with Crippen LogP contribution in [0.3, 0.4) is 0 Å². The Morgan fingerprint density at radius 2 is 1.05 bits per heavy atom. The summed E-state index contributed by atoms with van der Waals surface area (Å²) in [6.45, 7) is 20.4. The Hall–Kier alpha value is -6.25. The fraction of sp³-hybridized carbons (Fsp3) is 0.656. The largest absolute Gasteiger partial charge is 0.481 e. The third-order valence-electron chi connectivity index (χ3n) is 13.6. The fourth-order valence-electron chi connectivity index (χ4n) is 8.96. The van der Waals surface area contributed by atoms with Gasteiger partial charge in [-0.25, -0.2) is 4.79 Å². The van der Waals surface area contributed by atoms with Crippen LogP contribution in [-0.2, 0) is 70.1 Å². The van der Waals surface area contributed by atoms with Crippen LogP contribution in [-0.4, -0.2) is 121 Å². The number of aliphatic carboxylic acids is 1. The van der Waals surface area contributed by atoms with Crippen molar-refractivity contribution < 1.29 is 67.2 Å². The number of alkyl carbamates (subject to hydrolysis) is 1. The minimum absolute atomic E-state index is 0.0450. The minimum Gasteiger partial charge on any atom is -0.481 e. The number of nitrogens with one attached hydrogen (secondary N) is 5. The van der Waals surface area contributed by atoms with Crippen LogP contribution in [0.2, 0.25) is 0 Å². The van der Waals surface area contributed by atoms with Gasteiger partial charge in [0, 0.05) is 55.4 Å². The molecule has 0 radical (unpaired) electrons. The SMILES string of the molecule is CC(C)[C@H]1COCCC(=O)Nc2ccc(cc2)C[C@@H](CC(=O)CC(CCCCN)C(=O)O)C(=O)N1.CC(C)[C@H]1COCCC(=O)Nc2ccc(cc2)C[C@@H](CC(=O)CC(CCCCNC(=O)OC(C)(C)C)C(=O)OC(C)(C)C)C(=O)N1. The number of ketones is 2. The number of hydrogen-bond donors (Lipinski definition) is 7. The van der Waals surface area contributed by atoms with Crippen molar-refractivity contribution >= 4 is 64.6 Å². The molecule has 0 saturated heterocycles. The zero-order chi connectivity index (χ0) is 60.3. The fourth-order valence-corrected chi connectivity index (χ4v) is 8.96. The summed E-state index contributed by atoms with van der Waals surface area (Å²) in [4.78, 5) is 115. The van der Waals surface area contributed by atoms with Crippen molar-refractivity contribution in [1.29, 1.82) is 0 Å². The van der Waals surface area contributed by atoms with Crippen LogP contribution in [0.5, 0.6) is 0 Å². The van der Waals surface area contributed by atoms with Gasteiger partial charge in [-0.1, -0.05) is 64.8 Å². The Bertz CT molecular complexity index is 2340. The summed E-state index contributed by atoms with van der Waals surface area (Å²) in [5.41, 5.74) is 7.16. The first-order chi connectivity index (χ1) is 38.1. The first-order valence-corrected chi connectivity index (χ1v) is 28.8. The lowest BCUT2D eigenvalue weighted by atomic mass is 9.88. The van der Waals surface area contributed by atoms with E-state index in [-0.39, 0.29) is 124 Å². The highest BCUT2D eigenvalue weighted by atomic mass is 16.6. The maximum atomic E-state index is 13.6. The van der Waals surface area contributed by atoms with Crippen LogP contribution in [0, 0.1) is 35.5 Å². The zero-order valence-electron chi connectivity index (χ0n) is 49.7. The molecule has 8 N–H and O–H groups in total. The zero-order valence-corrected chi connectivity index (χ0v) is 49.7. The third kappa shape index (κ3) is 28.8. The predicted molar refractivity (Wildman–Crippen MR) is 309 cm³/mol. The molecule has 5 amide bonds. The summed E-state index contributed by atoms with van der Waals surface area (Å²) >= 11 is 0. The van der Waals surface area contributed by atoms with Gasteiger partial charge in [0.1, 0.15) is 22.8 Å².